The molecule has 1 aromatic heterocycles. The van der Waals surface area contributed by atoms with Crippen molar-refractivity contribution in [2.75, 3.05) is 0 Å². The zero-order valence-corrected chi connectivity index (χ0v) is 13.8. The summed E-state index contributed by atoms with van der Waals surface area (Å²) in [6.45, 7) is 7.70. The van der Waals surface area contributed by atoms with Gasteiger partial charge in [-0.05, 0) is 74.2 Å². The van der Waals surface area contributed by atoms with Gasteiger partial charge in [0.25, 0.3) is 0 Å². The van der Waals surface area contributed by atoms with Crippen molar-refractivity contribution in [1.82, 2.24) is 0 Å². The summed E-state index contributed by atoms with van der Waals surface area (Å²) in [7, 11) is 0. The van der Waals surface area contributed by atoms with E-state index in [-0.39, 0.29) is 11.5 Å². The second kappa shape index (κ2) is 5.51. The van der Waals surface area contributed by atoms with Crippen LogP contribution in [0.1, 0.15) is 22.3 Å². The van der Waals surface area contributed by atoms with E-state index in [0.29, 0.717) is 22.6 Å². The fraction of sp³-hybridized carbons (Fsp3) is 0.200. The Hall–Kier alpha value is -2.68. The molecule has 0 fully saturated rings. The van der Waals surface area contributed by atoms with E-state index in [0.717, 1.165) is 22.3 Å². The summed E-state index contributed by atoms with van der Waals surface area (Å²) in [5.41, 5.74) is 5.07. The number of phenolic OH excluding ortho intramolecular Hbond substituents is 2. The van der Waals surface area contributed by atoms with Crippen molar-refractivity contribution in [3.05, 3.63) is 58.7 Å². The summed E-state index contributed by atoms with van der Waals surface area (Å²) in [4.78, 5) is 0. The van der Waals surface area contributed by atoms with Crippen LogP contribution in [0.5, 0.6) is 11.5 Å². The summed E-state index contributed by atoms with van der Waals surface area (Å²) in [5.74, 6) is 1.62. The number of benzene rings is 2. The lowest BCUT2D eigenvalue weighted by Crippen LogP contribution is -1.84. The molecule has 0 bridgehead atoms. The lowest BCUT2D eigenvalue weighted by atomic mass is 10.0. The molecule has 3 nitrogen and oxygen atoms in total. The zero-order chi connectivity index (χ0) is 16.7. The van der Waals surface area contributed by atoms with Gasteiger partial charge in [-0.25, -0.2) is 0 Å². The van der Waals surface area contributed by atoms with Crippen molar-refractivity contribution in [2.24, 2.45) is 0 Å². The molecule has 3 aromatic rings. The van der Waals surface area contributed by atoms with Crippen LogP contribution < -0.4 is 0 Å². The predicted molar refractivity (Wildman–Crippen MR) is 91.9 cm³/mol. The molecule has 0 aliphatic heterocycles. The van der Waals surface area contributed by atoms with E-state index >= 15 is 0 Å². The minimum Gasteiger partial charge on any atom is -0.507 e. The summed E-state index contributed by atoms with van der Waals surface area (Å²) >= 11 is 0. The molecular weight excluding hydrogens is 288 g/mol. The van der Waals surface area contributed by atoms with E-state index in [9.17, 15) is 10.2 Å². The minimum atomic E-state index is 0.223. The number of rotatable bonds is 2. The van der Waals surface area contributed by atoms with E-state index in [1.165, 1.54) is 0 Å². The van der Waals surface area contributed by atoms with Gasteiger partial charge in [0.05, 0.1) is 11.1 Å². The average molecular weight is 308 g/mol. The van der Waals surface area contributed by atoms with Crippen LogP contribution in [-0.4, -0.2) is 10.2 Å². The molecule has 3 heteroatoms. The number of phenols is 2. The Morgan fingerprint density at radius 3 is 1.43 bits per heavy atom. The van der Waals surface area contributed by atoms with Crippen LogP contribution in [0.4, 0.5) is 0 Å². The maximum atomic E-state index is 10.3. The predicted octanol–water partition coefficient (Wildman–Crippen LogP) is 5.26. The Labute approximate surface area is 135 Å². The van der Waals surface area contributed by atoms with Crippen molar-refractivity contribution >= 4 is 0 Å². The van der Waals surface area contributed by atoms with E-state index in [1.54, 1.807) is 0 Å². The van der Waals surface area contributed by atoms with Gasteiger partial charge < -0.3 is 14.6 Å². The third-order valence-electron chi connectivity index (χ3n) is 4.03. The Bertz CT molecular complexity index is 816. The Balaban J connectivity index is 2.12. The number of hydrogen-bond donors (Lipinski definition) is 2. The van der Waals surface area contributed by atoms with Gasteiger partial charge in [-0.15, -0.1) is 0 Å². The van der Waals surface area contributed by atoms with Gasteiger partial charge >= 0.3 is 0 Å². The average Bonchev–Trinajstić information content (AvgIpc) is 2.96. The molecule has 2 aromatic carbocycles. The monoisotopic (exact) mass is 308 g/mol. The molecule has 118 valence electrons. The fourth-order valence-corrected chi connectivity index (χ4v) is 2.92. The van der Waals surface area contributed by atoms with Crippen molar-refractivity contribution in [3.63, 3.8) is 0 Å². The largest absolute Gasteiger partial charge is 0.507 e. The third kappa shape index (κ3) is 2.70. The molecule has 0 saturated heterocycles. The molecular formula is C20H20O3. The molecule has 0 amide bonds. The Morgan fingerprint density at radius 2 is 1.04 bits per heavy atom. The number of aromatic hydroxyl groups is 2. The maximum absolute atomic E-state index is 10.3. The van der Waals surface area contributed by atoms with E-state index in [1.807, 2.05) is 64.1 Å². The number of hydrogen-bond acceptors (Lipinski definition) is 3. The number of aryl methyl sites for hydroxylation is 4. The minimum absolute atomic E-state index is 0.223. The van der Waals surface area contributed by atoms with Crippen molar-refractivity contribution in [3.8, 4) is 34.1 Å². The first-order valence-corrected chi connectivity index (χ1v) is 7.58. The lowest BCUT2D eigenvalue weighted by Gasteiger charge is -2.08. The quantitative estimate of drug-likeness (QED) is 0.679. The first-order valence-electron chi connectivity index (χ1n) is 7.58. The molecule has 0 aliphatic rings. The van der Waals surface area contributed by atoms with Crippen molar-refractivity contribution < 1.29 is 14.6 Å². The first-order chi connectivity index (χ1) is 10.9. The van der Waals surface area contributed by atoms with Crippen LogP contribution >= 0.6 is 0 Å². The van der Waals surface area contributed by atoms with Crippen LogP contribution in [0.3, 0.4) is 0 Å². The number of furan rings is 1. The van der Waals surface area contributed by atoms with E-state index < -0.39 is 0 Å². The first kappa shape index (κ1) is 15.2. The van der Waals surface area contributed by atoms with Gasteiger partial charge in [-0.1, -0.05) is 12.1 Å². The topological polar surface area (TPSA) is 53.6 Å². The summed E-state index contributed by atoms with van der Waals surface area (Å²) in [6, 6.07) is 11.3. The van der Waals surface area contributed by atoms with Gasteiger partial charge in [0.1, 0.15) is 23.0 Å². The summed E-state index contributed by atoms with van der Waals surface area (Å²) < 4.78 is 5.92. The van der Waals surface area contributed by atoms with Crippen molar-refractivity contribution in [2.45, 2.75) is 27.7 Å². The normalized spacial score (nSPS) is 11.0. The van der Waals surface area contributed by atoms with Crippen LogP contribution in [0.25, 0.3) is 22.6 Å². The van der Waals surface area contributed by atoms with Crippen LogP contribution in [-0.2, 0) is 0 Å². The SMILES string of the molecule is Cc1cc(C)c(O)c(-c2ccc(-c3cc(C)cc(C)c3O)o2)c1. The van der Waals surface area contributed by atoms with E-state index in [4.69, 9.17) is 4.42 Å². The Kier molecular flexibility index (Phi) is 3.64. The van der Waals surface area contributed by atoms with Gasteiger partial charge in [0.2, 0.25) is 0 Å². The molecule has 3 rings (SSSR count). The second-order valence-electron chi connectivity index (χ2n) is 6.12. The second-order valence-corrected chi connectivity index (χ2v) is 6.12. The third-order valence-corrected chi connectivity index (χ3v) is 4.03. The lowest BCUT2D eigenvalue weighted by molar-refractivity contribution is 0.467. The molecule has 0 unspecified atom stereocenters. The molecule has 1 heterocycles. The maximum Gasteiger partial charge on any atom is 0.138 e. The summed E-state index contributed by atoms with van der Waals surface area (Å²) in [6.07, 6.45) is 0. The molecule has 2 N–H and O–H groups in total. The highest BCUT2D eigenvalue weighted by Gasteiger charge is 2.15. The van der Waals surface area contributed by atoms with Gasteiger partial charge in [0, 0.05) is 0 Å². The highest BCUT2D eigenvalue weighted by atomic mass is 16.3. The van der Waals surface area contributed by atoms with Crippen molar-refractivity contribution in [1.29, 1.82) is 0 Å². The molecule has 23 heavy (non-hydrogen) atoms. The van der Waals surface area contributed by atoms with Crippen LogP contribution in [0.15, 0.2) is 40.8 Å². The highest BCUT2D eigenvalue weighted by Crippen LogP contribution is 2.39. The van der Waals surface area contributed by atoms with Crippen LogP contribution in [0, 0.1) is 27.7 Å². The van der Waals surface area contributed by atoms with Gasteiger partial charge in [-0.3, -0.25) is 0 Å². The van der Waals surface area contributed by atoms with Gasteiger partial charge in [0.15, 0.2) is 0 Å². The molecule has 0 spiro atoms. The fourth-order valence-electron chi connectivity index (χ4n) is 2.92. The highest BCUT2D eigenvalue weighted by molar-refractivity contribution is 5.74. The van der Waals surface area contributed by atoms with E-state index in [2.05, 4.69) is 0 Å². The Morgan fingerprint density at radius 1 is 0.652 bits per heavy atom. The smallest absolute Gasteiger partial charge is 0.138 e. The molecule has 0 radical (unpaired) electrons. The molecule has 0 aliphatic carbocycles. The standard InChI is InChI=1S/C20H20O3/c1-11-7-13(3)19(21)15(9-11)17-5-6-18(23-17)16-10-12(2)8-14(4)20(16)22/h5-10,21-22H,1-4H3. The van der Waals surface area contributed by atoms with Crippen LogP contribution in [0.2, 0.25) is 0 Å². The zero-order valence-electron chi connectivity index (χ0n) is 13.8. The molecule has 0 saturated carbocycles. The molecule has 0 atom stereocenters. The summed E-state index contributed by atoms with van der Waals surface area (Å²) in [5, 5.41) is 20.6. The van der Waals surface area contributed by atoms with Gasteiger partial charge in [-0.2, -0.15) is 0 Å².